The van der Waals surface area contributed by atoms with Crippen LogP contribution in [0.3, 0.4) is 0 Å². The lowest BCUT2D eigenvalue weighted by molar-refractivity contribution is 0.468. The Kier molecular flexibility index (Phi) is 4.05. The first-order chi connectivity index (χ1) is 8.40. The number of nitrogens with zero attached hydrogens (tertiary/aromatic N) is 2. The predicted molar refractivity (Wildman–Crippen MR) is 65.9 cm³/mol. The van der Waals surface area contributed by atoms with E-state index in [9.17, 15) is 0 Å². The Bertz CT molecular complexity index is 459. The second kappa shape index (κ2) is 5.96. The molecule has 0 radical (unpaired) electrons. The van der Waals surface area contributed by atoms with Gasteiger partial charge < -0.3 is 10.1 Å². The van der Waals surface area contributed by atoms with Gasteiger partial charge in [-0.2, -0.15) is 0 Å². The molecule has 2 aromatic heterocycles. The average molecular weight is 229 g/mol. The highest BCUT2D eigenvalue weighted by Gasteiger charge is 2.04. The van der Waals surface area contributed by atoms with Crippen LogP contribution in [0.4, 0.5) is 0 Å². The van der Waals surface area contributed by atoms with E-state index in [1.807, 2.05) is 18.2 Å². The van der Waals surface area contributed by atoms with E-state index in [1.165, 1.54) is 0 Å². The maximum absolute atomic E-state index is 5.74. The van der Waals surface area contributed by atoms with Crippen LogP contribution >= 0.6 is 0 Å². The summed E-state index contributed by atoms with van der Waals surface area (Å²) in [5.41, 5.74) is 1.09. The van der Waals surface area contributed by atoms with Gasteiger partial charge in [0.15, 0.2) is 0 Å². The third kappa shape index (κ3) is 3.26. The molecule has 2 heterocycles. The maximum atomic E-state index is 5.74. The average Bonchev–Trinajstić information content (AvgIpc) is 2.39. The number of hydrogen-bond donors (Lipinski definition) is 1. The van der Waals surface area contributed by atoms with Gasteiger partial charge in [0.05, 0.1) is 12.4 Å². The van der Waals surface area contributed by atoms with Crippen molar-refractivity contribution in [2.75, 3.05) is 6.54 Å². The van der Waals surface area contributed by atoms with Crippen LogP contribution in [0.25, 0.3) is 0 Å². The summed E-state index contributed by atoms with van der Waals surface area (Å²) < 4.78 is 5.74. The van der Waals surface area contributed by atoms with Gasteiger partial charge in [-0.1, -0.05) is 6.92 Å². The quantitative estimate of drug-likeness (QED) is 0.855. The number of pyridine rings is 2. The number of nitrogens with one attached hydrogen (secondary N) is 1. The Hall–Kier alpha value is -1.94. The lowest BCUT2D eigenvalue weighted by Crippen LogP contribution is -2.12. The highest BCUT2D eigenvalue weighted by Crippen LogP contribution is 2.23. The van der Waals surface area contributed by atoms with Crippen molar-refractivity contribution in [1.82, 2.24) is 15.3 Å². The van der Waals surface area contributed by atoms with Crippen molar-refractivity contribution in [1.29, 1.82) is 0 Å². The van der Waals surface area contributed by atoms with Crippen molar-refractivity contribution in [2.45, 2.75) is 13.5 Å². The van der Waals surface area contributed by atoms with Gasteiger partial charge in [-0.05, 0) is 24.7 Å². The van der Waals surface area contributed by atoms with E-state index in [1.54, 1.807) is 24.8 Å². The molecular formula is C13H15N3O. The summed E-state index contributed by atoms with van der Waals surface area (Å²) >= 11 is 0. The van der Waals surface area contributed by atoms with E-state index >= 15 is 0 Å². The molecule has 0 aliphatic rings. The molecule has 0 aromatic carbocycles. The van der Waals surface area contributed by atoms with E-state index < -0.39 is 0 Å². The lowest BCUT2D eigenvalue weighted by Gasteiger charge is -2.10. The van der Waals surface area contributed by atoms with E-state index in [0.29, 0.717) is 0 Å². The molecule has 0 saturated carbocycles. The minimum Gasteiger partial charge on any atom is -0.454 e. The van der Waals surface area contributed by atoms with Crippen LogP contribution in [-0.4, -0.2) is 16.5 Å². The third-order valence-electron chi connectivity index (χ3n) is 2.30. The van der Waals surface area contributed by atoms with Gasteiger partial charge >= 0.3 is 0 Å². The van der Waals surface area contributed by atoms with Gasteiger partial charge in [0.1, 0.15) is 11.5 Å². The minimum absolute atomic E-state index is 0.721. The molecule has 0 unspecified atom stereocenters. The smallest absolute Gasteiger partial charge is 0.150 e. The molecular weight excluding hydrogens is 214 g/mol. The summed E-state index contributed by atoms with van der Waals surface area (Å²) in [7, 11) is 0. The van der Waals surface area contributed by atoms with Crippen LogP contribution in [0.2, 0.25) is 0 Å². The Labute approximate surface area is 101 Å². The van der Waals surface area contributed by atoms with Crippen molar-refractivity contribution in [3.05, 3.63) is 48.5 Å². The number of hydrogen-bond acceptors (Lipinski definition) is 4. The molecule has 0 fully saturated rings. The monoisotopic (exact) mass is 229 g/mol. The van der Waals surface area contributed by atoms with Crippen LogP contribution in [0.15, 0.2) is 43.0 Å². The Balaban J connectivity index is 2.15. The van der Waals surface area contributed by atoms with Crippen molar-refractivity contribution >= 4 is 0 Å². The SMILES string of the molecule is CCNCc1ccncc1Oc1cccnc1. The molecule has 0 aliphatic carbocycles. The second-order valence-electron chi connectivity index (χ2n) is 3.55. The van der Waals surface area contributed by atoms with E-state index in [2.05, 4.69) is 22.2 Å². The van der Waals surface area contributed by atoms with Crippen molar-refractivity contribution in [3.8, 4) is 11.5 Å². The fourth-order valence-corrected chi connectivity index (χ4v) is 1.44. The van der Waals surface area contributed by atoms with Gasteiger partial charge in [-0.15, -0.1) is 0 Å². The molecule has 4 heteroatoms. The van der Waals surface area contributed by atoms with Crippen LogP contribution in [0.5, 0.6) is 11.5 Å². The van der Waals surface area contributed by atoms with Gasteiger partial charge in [0.2, 0.25) is 0 Å². The molecule has 0 atom stereocenters. The second-order valence-corrected chi connectivity index (χ2v) is 3.55. The van der Waals surface area contributed by atoms with Crippen LogP contribution in [0.1, 0.15) is 12.5 Å². The first kappa shape index (κ1) is 11.5. The third-order valence-corrected chi connectivity index (χ3v) is 2.30. The van der Waals surface area contributed by atoms with Crippen molar-refractivity contribution in [3.63, 3.8) is 0 Å². The summed E-state index contributed by atoms with van der Waals surface area (Å²) in [6.45, 7) is 3.77. The topological polar surface area (TPSA) is 47.0 Å². The molecule has 0 aliphatic heterocycles. The van der Waals surface area contributed by atoms with Crippen LogP contribution < -0.4 is 10.1 Å². The van der Waals surface area contributed by atoms with Crippen LogP contribution in [-0.2, 0) is 6.54 Å². The first-order valence-electron chi connectivity index (χ1n) is 5.61. The van der Waals surface area contributed by atoms with Crippen LogP contribution in [0, 0.1) is 0 Å². The largest absolute Gasteiger partial charge is 0.454 e. The maximum Gasteiger partial charge on any atom is 0.150 e. The number of rotatable bonds is 5. The standard InChI is InChI=1S/C13H15N3O/c1-2-14-8-11-5-7-16-10-13(11)17-12-4-3-6-15-9-12/h3-7,9-10,14H,2,8H2,1H3. The summed E-state index contributed by atoms with van der Waals surface area (Å²) in [4.78, 5) is 8.09. The van der Waals surface area contributed by atoms with Gasteiger partial charge in [0.25, 0.3) is 0 Å². The minimum atomic E-state index is 0.721. The Morgan fingerprint density at radius 2 is 2.06 bits per heavy atom. The molecule has 0 saturated heterocycles. The highest BCUT2D eigenvalue weighted by molar-refractivity contribution is 5.34. The predicted octanol–water partition coefficient (Wildman–Crippen LogP) is 2.38. The molecule has 1 N–H and O–H groups in total. The van der Waals surface area contributed by atoms with Crippen molar-refractivity contribution < 1.29 is 4.74 Å². The van der Waals surface area contributed by atoms with E-state index in [0.717, 1.165) is 30.2 Å². The van der Waals surface area contributed by atoms with Gasteiger partial charge in [-0.3, -0.25) is 9.97 Å². The highest BCUT2D eigenvalue weighted by atomic mass is 16.5. The van der Waals surface area contributed by atoms with Gasteiger partial charge in [-0.25, -0.2) is 0 Å². The van der Waals surface area contributed by atoms with E-state index in [-0.39, 0.29) is 0 Å². The summed E-state index contributed by atoms with van der Waals surface area (Å²) in [5, 5.41) is 3.27. The zero-order chi connectivity index (χ0) is 11.9. The lowest BCUT2D eigenvalue weighted by atomic mass is 10.2. The molecule has 17 heavy (non-hydrogen) atoms. The Morgan fingerprint density at radius 3 is 2.82 bits per heavy atom. The molecule has 0 spiro atoms. The van der Waals surface area contributed by atoms with E-state index in [4.69, 9.17) is 4.74 Å². The number of ether oxygens (including phenoxy) is 1. The molecule has 4 nitrogen and oxygen atoms in total. The zero-order valence-electron chi connectivity index (χ0n) is 9.76. The molecule has 0 amide bonds. The number of aromatic nitrogens is 2. The fourth-order valence-electron chi connectivity index (χ4n) is 1.44. The zero-order valence-corrected chi connectivity index (χ0v) is 9.76. The molecule has 2 aromatic rings. The summed E-state index contributed by atoms with van der Waals surface area (Å²) in [6.07, 6.45) is 6.89. The molecule has 2 rings (SSSR count). The molecule has 88 valence electrons. The summed E-state index contributed by atoms with van der Waals surface area (Å²) in [6, 6.07) is 5.67. The van der Waals surface area contributed by atoms with Gasteiger partial charge in [0, 0.05) is 24.5 Å². The first-order valence-corrected chi connectivity index (χ1v) is 5.61. The Morgan fingerprint density at radius 1 is 1.18 bits per heavy atom. The normalized spacial score (nSPS) is 10.2. The molecule has 0 bridgehead atoms. The summed E-state index contributed by atoms with van der Waals surface area (Å²) in [5.74, 6) is 1.49. The fraction of sp³-hybridized carbons (Fsp3) is 0.231. The van der Waals surface area contributed by atoms with Crippen molar-refractivity contribution in [2.24, 2.45) is 0 Å².